The number of hydrogen-bond acceptors (Lipinski definition) is 2. The quantitative estimate of drug-likeness (QED) is 0.535. The molecule has 0 aliphatic heterocycles. The predicted octanol–water partition coefficient (Wildman–Crippen LogP) is 6.67. The second-order valence-electron chi connectivity index (χ2n) is 7.49. The number of ether oxygens (including phenoxy) is 2. The first-order chi connectivity index (χ1) is 12.4. The number of halogens is 3. The molecule has 5 heteroatoms. The van der Waals surface area contributed by atoms with Crippen LogP contribution in [-0.2, 0) is 0 Å². The fourth-order valence-electron chi connectivity index (χ4n) is 3.73. The average molecular weight is 368 g/mol. The molecule has 2 saturated carbocycles. The van der Waals surface area contributed by atoms with Crippen LogP contribution in [0.2, 0.25) is 0 Å². The van der Waals surface area contributed by atoms with Gasteiger partial charge < -0.3 is 9.47 Å². The summed E-state index contributed by atoms with van der Waals surface area (Å²) in [5.41, 5.74) is 1.22. The standard InChI is InChI=1S/C21H27F3O2/c1-15-18(10-9-16-7-4-8-16)11-12-19(20(15)26-21(22,23)24)25-14-13-17-5-2-3-6-17/h9-12,16-17H,2-8,13-14H2,1H3/b10-9+. The molecule has 0 unspecified atom stereocenters. The third-order valence-electron chi connectivity index (χ3n) is 5.59. The van der Waals surface area contributed by atoms with Gasteiger partial charge in [-0.3, -0.25) is 0 Å². The highest BCUT2D eigenvalue weighted by molar-refractivity contribution is 5.62. The van der Waals surface area contributed by atoms with E-state index in [0.717, 1.165) is 24.8 Å². The van der Waals surface area contributed by atoms with Crippen LogP contribution in [0.5, 0.6) is 11.5 Å². The van der Waals surface area contributed by atoms with Crippen LogP contribution in [0.25, 0.3) is 6.08 Å². The van der Waals surface area contributed by atoms with Gasteiger partial charge in [0.1, 0.15) is 0 Å². The predicted molar refractivity (Wildman–Crippen MR) is 96.3 cm³/mol. The summed E-state index contributed by atoms with van der Waals surface area (Å²) in [6.07, 6.45) is 8.56. The lowest BCUT2D eigenvalue weighted by Crippen LogP contribution is -2.19. The monoisotopic (exact) mass is 368 g/mol. The molecule has 0 N–H and O–H groups in total. The summed E-state index contributed by atoms with van der Waals surface area (Å²) in [5, 5.41) is 0. The van der Waals surface area contributed by atoms with E-state index in [9.17, 15) is 13.2 Å². The van der Waals surface area contributed by atoms with E-state index in [1.165, 1.54) is 32.1 Å². The molecule has 2 fully saturated rings. The Bertz CT molecular complexity index is 627. The Kier molecular flexibility index (Phi) is 6.15. The van der Waals surface area contributed by atoms with Crippen LogP contribution < -0.4 is 9.47 Å². The van der Waals surface area contributed by atoms with Gasteiger partial charge in [0.05, 0.1) is 6.61 Å². The van der Waals surface area contributed by atoms with Crippen LogP contribution in [0.1, 0.15) is 62.5 Å². The Morgan fingerprint density at radius 2 is 1.81 bits per heavy atom. The summed E-state index contributed by atoms with van der Waals surface area (Å²) in [4.78, 5) is 0. The molecule has 26 heavy (non-hydrogen) atoms. The van der Waals surface area contributed by atoms with Gasteiger partial charge in [-0.1, -0.05) is 50.3 Å². The fourth-order valence-corrected chi connectivity index (χ4v) is 3.73. The SMILES string of the molecule is Cc1c(/C=C/C2CCC2)ccc(OCCC2CCCC2)c1OC(F)(F)F. The summed E-state index contributed by atoms with van der Waals surface area (Å²) in [6, 6.07) is 3.42. The van der Waals surface area contributed by atoms with Crippen molar-refractivity contribution in [2.45, 2.75) is 64.7 Å². The lowest BCUT2D eigenvalue weighted by Gasteiger charge is -2.22. The molecule has 0 bridgehead atoms. The first-order valence-corrected chi connectivity index (χ1v) is 9.63. The number of hydrogen-bond donors (Lipinski definition) is 0. The lowest BCUT2D eigenvalue weighted by molar-refractivity contribution is -0.275. The van der Waals surface area contributed by atoms with Gasteiger partial charge in [-0.15, -0.1) is 13.2 Å². The fraction of sp³-hybridized carbons (Fsp3) is 0.619. The summed E-state index contributed by atoms with van der Waals surface area (Å²) in [6.45, 7) is 2.08. The van der Waals surface area contributed by atoms with E-state index < -0.39 is 6.36 Å². The van der Waals surface area contributed by atoms with Crippen molar-refractivity contribution < 1.29 is 22.6 Å². The van der Waals surface area contributed by atoms with Crippen molar-refractivity contribution in [1.29, 1.82) is 0 Å². The smallest absolute Gasteiger partial charge is 0.490 e. The molecule has 3 rings (SSSR count). The van der Waals surface area contributed by atoms with Crippen LogP contribution in [0.3, 0.4) is 0 Å². The van der Waals surface area contributed by atoms with Gasteiger partial charge in [0.15, 0.2) is 11.5 Å². The van der Waals surface area contributed by atoms with Gasteiger partial charge in [0.2, 0.25) is 0 Å². The van der Waals surface area contributed by atoms with Crippen molar-refractivity contribution in [3.63, 3.8) is 0 Å². The van der Waals surface area contributed by atoms with Crippen LogP contribution in [0, 0.1) is 18.8 Å². The zero-order valence-corrected chi connectivity index (χ0v) is 15.3. The molecule has 2 nitrogen and oxygen atoms in total. The maximum atomic E-state index is 12.9. The van der Waals surface area contributed by atoms with E-state index in [4.69, 9.17) is 4.74 Å². The van der Waals surface area contributed by atoms with Crippen molar-refractivity contribution in [1.82, 2.24) is 0 Å². The van der Waals surface area contributed by atoms with Gasteiger partial charge >= 0.3 is 6.36 Å². The highest BCUT2D eigenvalue weighted by Gasteiger charge is 2.33. The lowest BCUT2D eigenvalue weighted by atomic mass is 9.85. The topological polar surface area (TPSA) is 18.5 Å². The van der Waals surface area contributed by atoms with E-state index in [0.29, 0.717) is 24.0 Å². The molecular formula is C21H27F3O2. The Labute approximate surface area is 153 Å². The number of benzene rings is 1. The molecule has 1 aromatic carbocycles. The molecule has 0 spiro atoms. The zero-order chi connectivity index (χ0) is 18.6. The Morgan fingerprint density at radius 3 is 2.42 bits per heavy atom. The maximum Gasteiger partial charge on any atom is 0.573 e. The molecule has 0 heterocycles. The van der Waals surface area contributed by atoms with Crippen molar-refractivity contribution in [3.8, 4) is 11.5 Å². The van der Waals surface area contributed by atoms with Crippen LogP contribution >= 0.6 is 0 Å². The van der Waals surface area contributed by atoms with Crippen LogP contribution in [0.15, 0.2) is 18.2 Å². The molecule has 0 radical (unpaired) electrons. The van der Waals surface area contributed by atoms with Crippen molar-refractivity contribution in [2.75, 3.05) is 6.61 Å². The number of allylic oxidation sites excluding steroid dienone is 1. The molecule has 0 aromatic heterocycles. The average Bonchev–Trinajstić information content (AvgIpc) is 3.03. The third kappa shape index (κ3) is 5.18. The van der Waals surface area contributed by atoms with Gasteiger partial charge in [-0.2, -0.15) is 0 Å². The first-order valence-electron chi connectivity index (χ1n) is 9.63. The summed E-state index contributed by atoms with van der Waals surface area (Å²) < 4.78 is 48.7. The molecule has 2 aliphatic carbocycles. The first kappa shape index (κ1) is 19.1. The third-order valence-corrected chi connectivity index (χ3v) is 5.59. The number of rotatable bonds is 7. The molecule has 0 atom stereocenters. The van der Waals surface area contributed by atoms with Gasteiger partial charge in [0.25, 0.3) is 0 Å². The zero-order valence-electron chi connectivity index (χ0n) is 15.3. The summed E-state index contributed by atoms with van der Waals surface area (Å²) in [7, 11) is 0. The van der Waals surface area contributed by atoms with E-state index in [1.807, 2.05) is 12.1 Å². The minimum Gasteiger partial charge on any atom is -0.490 e. The highest BCUT2D eigenvalue weighted by atomic mass is 19.4. The Balaban J connectivity index is 1.73. The second kappa shape index (κ2) is 8.36. The van der Waals surface area contributed by atoms with Crippen LogP contribution in [0.4, 0.5) is 13.2 Å². The molecule has 1 aromatic rings. The summed E-state index contributed by atoms with van der Waals surface area (Å²) in [5.74, 6) is 1.15. The Hall–Kier alpha value is -1.65. The highest BCUT2D eigenvalue weighted by Crippen LogP contribution is 2.39. The molecule has 2 aliphatic rings. The van der Waals surface area contributed by atoms with E-state index in [-0.39, 0.29) is 11.5 Å². The minimum atomic E-state index is -4.73. The van der Waals surface area contributed by atoms with Crippen molar-refractivity contribution in [2.24, 2.45) is 11.8 Å². The van der Waals surface area contributed by atoms with Crippen molar-refractivity contribution >= 4 is 6.08 Å². The van der Waals surface area contributed by atoms with E-state index in [1.54, 1.807) is 13.0 Å². The van der Waals surface area contributed by atoms with E-state index in [2.05, 4.69) is 10.8 Å². The normalized spacial score (nSPS) is 19.1. The minimum absolute atomic E-state index is 0.179. The number of alkyl halides is 3. The Morgan fingerprint density at radius 1 is 1.08 bits per heavy atom. The molecule has 144 valence electrons. The van der Waals surface area contributed by atoms with Gasteiger partial charge in [-0.05, 0) is 49.7 Å². The maximum absolute atomic E-state index is 12.9. The second-order valence-corrected chi connectivity index (χ2v) is 7.49. The molecule has 0 saturated heterocycles. The molecule has 0 amide bonds. The molecular weight excluding hydrogens is 341 g/mol. The van der Waals surface area contributed by atoms with Crippen LogP contribution in [-0.4, -0.2) is 13.0 Å². The summed E-state index contributed by atoms with van der Waals surface area (Å²) >= 11 is 0. The van der Waals surface area contributed by atoms with E-state index >= 15 is 0 Å². The largest absolute Gasteiger partial charge is 0.573 e. The van der Waals surface area contributed by atoms with Crippen molar-refractivity contribution in [3.05, 3.63) is 29.3 Å². The van der Waals surface area contributed by atoms with Gasteiger partial charge in [-0.25, -0.2) is 0 Å². The van der Waals surface area contributed by atoms with Gasteiger partial charge in [0, 0.05) is 5.56 Å².